The van der Waals surface area contributed by atoms with Gasteiger partial charge >= 0.3 is 0 Å². The van der Waals surface area contributed by atoms with Gasteiger partial charge in [-0.05, 0) is 50.1 Å². The Hall–Kier alpha value is -3.14. The number of rotatable bonds is 2. The van der Waals surface area contributed by atoms with Crippen LogP contribution in [0.15, 0.2) is 55.1 Å². The van der Waals surface area contributed by atoms with Crippen molar-refractivity contribution in [2.24, 2.45) is 7.05 Å². The van der Waals surface area contributed by atoms with Gasteiger partial charge in [0.2, 0.25) is 11.2 Å². The number of hydrogen-bond acceptors (Lipinski definition) is 3. The second kappa shape index (κ2) is 6.30. The van der Waals surface area contributed by atoms with E-state index in [0.29, 0.717) is 5.82 Å². The van der Waals surface area contributed by atoms with Crippen molar-refractivity contribution in [3.63, 3.8) is 0 Å². The maximum absolute atomic E-state index is 4.42. The smallest absolute Gasteiger partial charge is 0.224 e. The van der Waals surface area contributed by atoms with Crippen molar-refractivity contribution >= 4 is 10.9 Å². The van der Waals surface area contributed by atoms with Crippen molar-refractivity contribution in [1.82, 2.24) is 15.0 Å². The standard InChI is InChI=1S/C22H21N4/c1-14-9-15(2)16(3)18(10-14)21-19(22-24-12-23-13-25-22)11-17-7-5-6-8-20(17)26(21)4/h5-13H,1-4H3/q+1. The van der Waals surface area contributed by atoms with Crippen LogP contribution in [0.4, 0.5) is 0 Å². The van der Waals surface area contributed by atoms with Crippen LogP contribution in [0, 0.1) is 20.8 Å². The highest BCUT2D eigenvalue weighted by molar-refractivity contribution is 5.87. The first kappa shape index (κ1) is 16.3. The number of aryl methyl sites for hydroxylation is 3. The summed E-state index contributed by atoms with van der Waals surface area (Å²) in [5.41, 5.74) is 8.34. The fraction of sp³-hybridized carbons (Fsp3) is 0.182. The summed E-state index contributed by atoms with van der Waals surface area (Å²) in [6, 6.07) is 15.0. The first-order valence-corrected chi connectivity index (χ1v) is 8.68. The SMILES string of the molecule is Cc1cc(C)c(C)c(-c2c(-c3ncncn3)cc3ccccc3[n+]2C)c1. The lowest BCUT2D eigenvalue weighted by Crippen LogP contribution is -2.33. The first-order chi connectivity index (χ1) is 12.6. The average molecular weight is 341 g/mol. The molecule has 4 rings (SSSR count). The Morgan fingerprint density at radius 1 is 0.846 bits per heavy atom. The van der Waals surface area contributed by atoms with Crippen LogP contribution < -0.4 is 4.57 Å². The summed E-state index contributed by atoms with van der Waals surface area (Å²) in [4.78, 5) is 12.8. The summed E-state index contributed by atoms with van der Waals surface area (Å²) in [7, 11) is 2.11. The number of nitrogens with zero attached hydrogens (tertiary/aromatic N) is 4. The maximum atomic E-state index is 4.42. The largest absolute Gasteiger partial charge is 0.225 e. The Morgan fingerprint density at radius 3 is 2.35 bits per heavy atom. The molecule has 0 radical (unpaired) electrons. The van der Waals surface area contributed by atoms with Crippen molar-refractivity contribution in [2.75, 3.05) is 0 Å². The average Bonchev–Trinajstić information content (AvgIpc) is 2.65. The van der Waals surface area contributed by atoms with Gasteiger partial charge in [0, 0.05) is 11.5 Å². The predicted molar refractivity (Wildman–Crippen MR) is 104 cm³/mol. The van der Waals surface area contributed by atoms with E-state index in [4.69, 9.17) is 0 Å². The first-order valence-electron chi connectivity index (χ1n) is 8.68. The van der Waals surface area contributed by atoms with Crippen LogP contribution in [0.1, 0.15) is 16.7 Å². The van der Waals surface area contributed by atoms with Crippen molar-refractivity contribution < 1.29 is 4.57 Å². The van der Waals surface area contributed by atoms with Gasteiger partial charge in [0.1, 0.15) is 19.7 Å². The Kier molecular flexibility index (Phi) is 3.96. The van der Waals surface area contributed by atoms with Crippen LogP contribution in [0.3, 0.4) is 0 Å². The zero-order valence-corrected chi connectivity index (χ0v) is 15.5. The fourth-order valence-electron chi connectivity index (χ4n) is 3.60. The molecule has 2 aromatic carbocycles. The molecule has 0 aliphatic carbocycles. The summed E-state index contributed by atoms with van der Waals surface area (Å²) in [5.74, 6) is 0.690. The van der Waals surface area contributed by atoms with E-state index in [9.17, 15) is 0 Å². The molecule has 0 unspecified atom stereocenters. The zero-order valence-electron chi connectivity index (χ0n) is 15.5. The topological polar surface area (TPSA) is 42.6 Å². The van der Waals surface area contributed by atoms with Crippen molar-refractivity contribution in [2.45, 2.75) is 20.8 Å². The van der Waals surface area contributed by atoms with Gasteiger partial charge in [0.15, 0.2) is 5.82 Å². The van der Waals surface area contributed by atoms with Crippen molar-refractivity contribution in [3.8, 4) is 22.6 Å². The maximum Gasteiger partial charge on any atom is 0.224 e. The fourth-order valence-corrected chi connectivity index (χ4v) is 3.60. The monoisotopic (exact) mass is 341 g/mol. The van der Waals surface area contributed by atoms with Crippen LogP contribution in [-0.4, -0.2) is 15.0 Å². The third-order valence-electron chi connectivity index (χ3n) is 4.99. The molecule has 0 saturated carbocycles. The summed E-state index contributed by atoms with van der Waals surface area (Å²) in [5, 5.41) is 1.16. The Labute approximate surface area is 153 Å². The van der Waals surface area contributed by atoms with Gasteiger partial charge in [-0.2, -0.15) is 4.57 Å². The molecule has 4 heteroatoms. The lowest BCUT2D eigenvalue weighted by atomic mass is 9.94. The summed E-state index contributed by atoms with van der Waals surface area (Å²) < 4.78 is 2.25. The highest BCUT2D eigenvalue weighted by atomic mass is 15.0. The predicted octanol–water partition coefficient (Wildman–Crippen LogP) is 4.11. The summed E-state index contributed by atoms with van der Waals surface area (Å²) in [6.45, 7) is 6.48. The Balaban J connectivity index is 2.16. The highest BCUT2D eigenvalue weighted by Crippen LogP contribution is 2.33. The van der Waals surface area contributed by atoms with E-state index in [2.05, 4.69) is 89.8 Å². The van der Waals surface area contributed by atoms with Gasteiger partial charge in [-0.1, -0.05) is 23.8 Å². The normalized spacial score (nSPS) is 11.1. The molecule has 2 aromatic heterocycles. The van der Waals surface area contributed by atoms with Crippen molar-refractivity contribution in [3.05, 3.63) is 71.8 Å². The molecule has 0 fully saturated rings. The van der Waals surface area contributed by atoms with Crippen molar-refractivity contribution in [1.29, 1.82) is 0 Å². The molecule has 26 heavy (non-hydrogen) atoms. The molecule has 4 nitrogen and oxygen atoms in total. The molecule has 0 saturated heterocycles. The third-order valence-corrected chi connectivity index (χ3v) is 4.99. The van der Waals surface area contributed by atoms with E-state index < -0.39 is 0 Å². The Bertz CT molecular complexity index is 1120. The number of aromatic nitrogens is 4. The van der Waals surface area contributed by atoms with E-state index in [1.54, 1.807) is 12.7 Å². The number of benzene rings is 2. The number of fused-ring (bicyclic) bond motifs is 1. The quantitative estimate of drug-likeness (QED) is 0.515. The Morgan fingerprint density at radius 2 is 1.58 bits per heavy atom. The number of para-hydroxylation sites is 1. The molecule has 0 aliphatic rings. The minimum absolute atomic E-state index is 0.690. The number of pyridine rings is 1. The van der Waals surface area contributed by atoms with E-state index in [0.717, 1.165) is 16.6 Å². The van der Waals surface area contributed by atoms with Gasteiger partial charge in [0.25, 0.3) is 0 Å². The molecule has 0 bridgehead atoms. The summed E-state index contributed by atoms with van der Waals surface area (Å²) >= 11 is 0. The second-order valence-corrected chi connectivity index (χ2v) is 6.74. The van der Waals surface area contributed by atoms with E-state index in [1.165, 1.54) is 27.8 Å². The van der Waals surface area contributed by atoms with E-state index >= 15 is 0 Å². The third kappa shape index (κ3) is 2.64. The molecular weight excluding hydrogens is 320 g/mol. The molecule has 2 heterocycles. The van der Waals surface area contributed by atoms with E-state index in [1.807, 2.05) is 0 Å². The zero-order chi connectivity index (χ0) is 18.3. The molecule has 0 spiro atoms. The molecule has 0 aliphatic heterocycles. The van der Waals surface area contributed by atoms with Gasteiger partial charge < -0.3 is 0 Å². The van der Waals surface area contributed by atoms with Gasteiger partial charge in [-0.3, -0.25) is 0 Å². The lowest BCUT2D eigenvalue weighted by molar-refractivity contribution is -0.633. The second-order valence-electron chi connectivity index (χ2n) is 6.74. The molecule has 0 atom stereocenters. The minimum atomic E-state index is 0.690. The van der Waals surface area contributed by atoms with Crippen LogP contribution in [0.2, 0.25) is 0 Å². The van der Waals surface area contributed by atoms with Crippen LogP contribution in [-0.2, 0) is 7.05 Å². The van der Waals surface area contributed by atoms with E-state index in [-0.39, 0.29) is 0 Å². The van der Waals surface area contributed by atoms with Gasteiger partial charge in [-0.25, -0.2) is 15.0 Å². The summed E-state index contributed by atoms with van der Waals surface area (Å²) in [6.07, 6.45) is 3.10. The molecule has 128 valence electrons. The molecule has 0 N–H and O–H groups in total. The van der Waals surface area contributed by atoms with Gasteiger partial charge in [-0.15, -0.1) is 0 Å². The molecule has 4 aromatic rings. The van der Waals surface area contributed by atoms with Crippen LogP contribution in [0.5, 0.6) is 0 Å². The van der Waals surface area contributed by atoms with Crippen LogP contribution in [0.25, 0.3) is 33.5 Å². The minimum Gasteiger partial charge on any atom is -0.225 e. The molecular formula is C22H21N4+. The highest BCUT2D eigenvalue weighted by Gasteiger charge is 2.24. The molecule has 0 amide bonds. The van der Waals surface area contributed by atoms with Gasteiger partial charge in [0.05, 0.1) is 11.1 Å². The lowest BCUT2D eigenvalue weighted by Gasteiger charge is -2.13. The number of hydrogen-bond donors (Lipinski definition) is 0. The van der Waals surface area contributed by atoms with Crippen LogP contribution >= 0.6 is 0 Å².